The summed E-state index contributed by atoms with van der Waals surface area (Å²) in [5, 5.41) is 6.97. The maximum atomic E-state index is 4.55. The van der Waals surface area contributed by atoms with Crippen molar-refractivity contribution in [1.82, 2.24) is 20.2 Å². The molecule has 2 aromatic carbocycles. The lowest BCUT2D eigenvalue weighted by molar-refractivity contribution is 0.597. The van der Waals surface area contributed by atoms with Crippen LogP contribution in [0.25, 0.3) is 0 Å². The van der Waals surface area contributed by atoms with Crippen molar-refractivity contribution in [3.05, 3.63) is 83.9 Å². The van der Waals surface area contributed by atoms with Gasteiger partial charge in [-0.3, -0.25) is 4.99 Å². The minimum absolute atomic E-state index is 0. The smallest absolute Gasteiger partial charge is 0.191 e. The zero-order chi connectivity index (χ0) is 22.9. The predicted molar refractivity (Wildman–Crippen MR) is 152 cm³/mol. The summed E-state index contributed by atoms with van der Waals surface area (Å²) in [6.45, 7) is 6.09. The number of imidazole rings is 1. The number of halogens is 1. The Balaban J connectivity index is 0.00000324. The van der Waals surface area contributed by atoms with Crippen molar-refractivity contribution >= 4 is 35.6 Å². The summed E-state index contributed by atoms with van der Waals surface area (Å²) < 4.78 is 2.23. The van der Waals surface area contributed by atoms with Gasteiger partial charge >= 0.3 is 0 Å². The van der Waals surface area contributed by atoms with Crippen LogP contribution in [0.3, 0.4) is 0 Å². The standard InChI is InChI=1S/C27H36N6.HI/c1-22(24-13-8-14-25(20-24)32-16-6-7-17-32)31-27(28-2)30-21-26-29-15-19-33(26)18-9-12-23-10-4-3-5-11-23;/h3-5,8,10-11,13-15,19-20,22H,6-7,9,12,16-18,21H2,1-2H3,(H2,28,30,31);1H. The van der Waals surface area contributed by atoms with E-state index in [2.05, 4.69) is 97.8 Å². The number of nitrogens with one attached hydrogen (secondary N) is 2. The zero-order valence-electron chi connectivity index (χ0n) is 20.3. The van der Waals surface area contributed by atoms with Crippen LogP contribution in [0, 0.1) is 0 Å². The van der Waals surface area contributed by atoms with E-state index in [9.17, 15) is 0 Å². The van der Waals surface area contributed by atoms with Gasteiger partial charge in [-0.25, -0.2) is 4.98 Å². The molecule has 1 fully saturated rings. The molecule has 3 aromatic rings. The lowest BCUT2D eigenvalue weighted by Crippen LogP contribution is -2.38. The number of aryl methyl sites for hydroxylation is 2. The molecular weight excluding hydrogens is 535 g/mol. The van der Waals surface area contributed by atoms with Gasteiger partial charge in [0.2, 0.25) is 0 Å². The van der Waals surface area contributed by atoms with Crippen molar-refractivity contribution in [2.45, 2.75) is 51.7 Å². The summed E-state index contributed by atoms with van der Waals surface area (Å²) in [4.78, 5) is 11.5. The fourth-order valence-corrected chi connectivity index (χ4v) is 4.42. The average molecular weight is 573 g/mol. The molecule has 4 rings (SSSR count). The molecule has 7 heteroatoms. The molecule has 34 heavy (non-hydrogen) atoms. The number of aromatic nitrogens is 2. The summed E-state index contributed by atoms with van der Waals surface area (Å²) in [6, 6.07) is 19.7. The Hall–Kier alpha value is -2.55. The number of anilines is 1. The first-order valence-corrected chi connectivity index (χ1v) is 12.1. The normalized spacial score (nSPS) is 14.5. The largest absolute Gasteiger partial charge is 0.372 e. The second-order valence-corrected chi connectivity index (χ2v) is 8.71. The number of hydrogen-bond donors (Lipinski definition) is 2. The Labute approximate surface area is 220 Å². The van der Waals surface area contributed by atoms with E-state index < -0.39 is 0 Å². The second kappa shape index (κ2) is 13.4. The van der Waals surface area contributed by atoms with Crippen LogP contribution in [0.15, 0.2) is 72.0 Å². The molecule has 182 valence electrons. The van der Waals surface area contributed by atoms with E-state index in [1.165, 1.54) is 29.7 Å². The minimum Gasteiger partial charge on any atom is -0.372 e. The lowest BCUT2D eigenvalue weighted by atomic mass is 10.1. The van der Waals surface area contributed by atoms with E-state index in [4.69, 9.17) is 0 Å². The van der Waals surface area contributed by atoms with Gasteiger partial charge in [0.05, 0.1) is 12.6 Å². The molecule has 0 radical (unpaired) electrons. The van der Waals surface area contributed by atoms with Gasteiger partial charge in [-0.15, -0.1) is 24.0 Å². The zero-order valence-corrected chi connectivity index (χ0v) is 22.6. The summed E-state index contributed by atoms with van der Waals surface area (Å²) in [7, 11) is 1.81. The average Bonchev–Trinajstić information content (AvgIpc) is 3.55. The molecule has 1 saturated heterocycles. The van der Waals surface area contributed by atoms with Crippen LogP contribution in [0.5, 0.6) is 0 Å². The molecule has 0 amide bonds. The van der Waals surface area contributed by atoms with Gasteiger partial charge in [-0.2, -0.15) is 0 Å². The van der Waals surface area contributed by atoms with Gasteiger partial charge in [-0.05, 0) is 55.9 Å². The minimum atomic E-state index is 0. The molecule has 0 spiro atoms. The topological polar surface area (TPSA) is 57.5 Å². The van der Waals surface area contributed by atoms with Crippen molar-refractivity contribution < 1.29 is 0 Å². The molecular formula is C27H37IN6. The first-order valence-electron chi connectivity index (χ1n) is 12.1. The molecule has 0 saturated carbocycles. The highest BCUT2D eigenvalue weighted by molar-refractivity contribution is 14.0. The van der Waals surface area contributed by atoms with E-state index in [1.54, 1.807) is 0 Å². The lowest BCUT2D eigenvalue weighted by Gasteiger charge is -2.22. The van der Waals surface area contributed by atoms with Gasteiger partial charge in [0, 0.05) is 44.8 Å². The molecule has 1 aliphatic heterocycles. The maximum Gasteiger partial charge on any atom is 0.191 e. The summed E-state index contributed by atoms with van der Waals surface area (Å²) in [5.74, 6) is 1.81. The Bertz CT molecular complexity index is 1030. The summed E-state index contributed by atoms with van der Waals surface area (Å²) in [5.41, 5.74) is 3.97. The maximum absolute atomic E-state index is 4.55. The number of rotatable bonds is 9. The fraction of sp³-hybridized carbons (Fsp3) is 0.407. The Morgan fingerprint density at radius 1 is 1.09 bits per heavy atom. The van der Waals surface area contributed by atoms with Crippen LogP contribution >= 0.6 is 24.0 Å². The number of hydrogen-bond acceptors (Lipinski definition) is 3. The van der Waals surface area contributed by atoms with Crippen molar-refractivity contribution in [1.29, 1.82) is 0 Å². The number of nitrogens with zero attached hydrogens (tertiary/aromatic N) is 4. The van der Waals surface area contributed by atoms with Crippen molar-refractivity contribution in [2.24, 2.45) is 4.99 Å². The van der Waals surface area contributed by atoms with Crippen LogP contribution in [-0.2, 0) is 19.5 Å². The number of guanidine groups is 1. The van der Waals surface area contributed by atoms with Crippen molar-refractivity contribution in [2.75, 3.05) is 25.0 Å². The highest BCUT2D eigenvalue weighted by Crippen LogP contribution is 2.24. The number of benzene rings is 2. The SMILES string of the molecule is CN=C(NCc1nccn1CCCc1ccccc1)NC(C)c1cccc(N2CCCC2)c1.I. The third kappa shape index (κ3) is 7.22. The molecule has 0 bridgehead atoms. The molecule has 0 aliphatic carbocycles. The van der Waals surface area contributed by atoms with Gasteiger partial charge in [0.1, 0.15) is 5.82 Å². The number of aliphatic imine (C=N–C) groups is 1. The highest BCUT2D eigenvalue weighted by Gasteiger charge is 2.15. The second-order valence-electron chi connectivity index (χ2n) is 8.71. The molecule has 2 N–H and O–H groups in total. The van der Waals surface area contributed by atoms with E-state index in [0.717, 1.165) is 44.3 Å². The Morgan fingerprint density at radius 3 is 2.65 bits per heavy atom. The van der Waals surface area contributed by atoms with Crippen LogP contribution in [0.4, 0.5) is 5.69 Å². The Kier molecular flexibility index (Phi) is 10.2. The van der Waals surface area contributed by atoms with Crippen molar-refractivity contribution in [3.8, 4) is 0 Å². The molecule has 1 atom stereocenters. The van der Waals surface area contributed by atoms with Crippen molar-refractivity contribution in [3.63, 3.8) is 0 Å². The van der Waals surface area contributed by atoms with Gasteiger partial charge in [-0.1, -0.05) is 42.5 Å². The van der Waals surface area contributed by atoms with E-state index in [1.807, 2.05) is 13.2 Å². The van der Waals surface area contributed by atoms with E-state index in [-0.39, 0.29) is 30.0 Å². The molecule has 1 aromatic heterocycles. The molecule has 6 nitrogen and oxygen atoms in total. The van der Waals surface area contributed by atoms with Gasteiger partial charge in [0.25, 0.3) is 0 Å². The molecule has 1 unspecified atom stereocenters. The first kappa shape index (κ1) is 26.1. The predicted octanol–water partition coefficient (Wildman–Crippen LogP) is 5.16. The van der Waals surface area contributed by atoms with Gasteiger partial charge in [0.15, 0.2) is 5.96 Å². The third-order valence-electron chi connectivity index (χ3n) is 6.34. The van der Waals surface area contributed by atoms with E-state index in [0.29, 0.717) is 6.54 Å². The molecule has 1 aliphatic rings. The first-order chi connectivity index (χ1) is 16.2. The van der Waals surface area contributed by atoms with Gasteiger partial charge < -0.3 is 20.1 Å². The molecule has 2 heterocycles. The third-order valence-corrected chi connectivity index (χ3v) is 6.34. The van der Waals surface area contributed by atoms with Crippen LogP contribution in [-0.4, -0.2) is 35.6 Å². The summed E-state index contributed by atoms with van der Waals surface area (Å²) in [6.07, 6.45) is 8.67. The van der Waals surface area contributed by atoms with Crippen LogP contribution < -0.4 is 15.5 Å². The summed E-state index contributed by atoms with van der Waals surface area (Å²) >= 11 is 0. The van der Waals surface area contributed by atoms with Crippen LogP contribution in [0.1, 0.15) is 49.2 Å². The van der Waals surface area contributed by atoms with E-state index >= 15 is 0 Å². The van der Waals surface area contributed by atoms with Crippen LogP contribution in [0.2, 0.25) is 0 Å². The fourth-order valence-electron chi connectivity index (χ4n) is 4.42. The highest BCUT2D eigenvalue weighted by atomic mass is 127. The quantitative estimate of drug-likeness (QED) is 0.211. The Morgan fingerprint density at radius 2 is 1.88 bits per heavy atom. The monoisotopic (exact) mass is 572 g/mol.